The predicted molar refractivity (Wildman–Crippen MR) is 103 cm³/mol. The maximum Gasteiger partial charge on any atom is 0.230 e. The molecule has 4 nitrogen and oxygen atoms in total. The van der Waals surface area contributed by atoms with Gasteiger partial charge in [-0.2, -0.15) is 5.10 Å². The zero-order valence-electron chi connectivity index (χ0n) is 13.4. The zero-order chi connectivity index (χ0) is 17.8. The molecule has 1 amide bonds. The van der Waals surface area contributed by atoms with E-state index in [1.54, 1.807) is 18.3 Å². The molecule has 1 N–H and O–H groups in total. The molecule has 0 fully saturated rings. The smallest absolute Gasteiger partial charge is 0.230 e. The lowest BCUT2D eigenvalue weighted by Crippen LogP contribution is -2.28. The van der Waals surface area contributed by atoms with Gasteiger partial charge in [-0.3, -0.25) is 4.79 Å². The number of aromatic nitrogens is 2. The van der Waals surface area contributed by atoms with Gasteiger partial charge in [-0.15, -0.1) is 5.10 Å². The van der Waals surface area contributed by atoms with Crippen molar-refractivity contribution in [2.24, 2.45) is 0 Å². The van der Waals surface area contributed by atoms with E-state index in [2.05, 4.69) is 15.5 Å². The van der Waals surface area contributed by atoms with Gasteiger partial charge < -0.3 is 5.32 Å². The Hall–Kier alpha value is -1.82. The van der Waals surface area contributed by atoms with Crippen LogP contribution < -0.4 is 5.32 Å². The molecule has 0 aliphatic rings. The Morgan fingerprint density at radius 3 is 2.80 bits per heavy atom. The van der Waals surface area contributed by atoms with Gasteiger partial charge in [0, 0.05) is 10.8 Å². The number of amides is 1. The van der Waals surface area contributed by atoms with E-state index < -0.39 is 0 Å². The van der Waals surface area contributed by atoms with Gasteiger partial charge >= 0.3 is 0 Å². The van der Waals surface area contributed by atoms with Crippen LogP contribution in [-0.2, 0) is 4.79 Å². The number of fused-ring (bicyclic) bond motifs is 1. The van der Waals surface area contributed by atoms with Gasteiger partial charge in [0.1, 0.15) is 5.03 Å². The molecule has 3 rings (SSSR count). The van der Waals surface area contributed by atoms with Gasteiger partial charge in [-0.05, 0) is 24.6 Å². The third-order valence-electron chi connectivity index (χ3n) is 3.70. The molecule has 1 atom stereocenters. The molecular formula is C18H15Cl2N3OS. The van der Waals surface area contributed by atoms with E-state index in [1.165, 1.54) is 11.8 Å². The van der Waals surface area contributed by atoms with E-state index in [0.29, 0.717) is 10.0 Å². The van der Waals surface area contributed by atoms with Gasteiger partial charge in [0.05, 0.1) is 28.0 Å². The molecule has 2 aromatic carbocycles. The second kappa shape index (κ2) is 8.04. The van der Waals surface area contributed by atoms with Crippen LogP contribution in [0.25, 0.3) is 10.8 Å². The molecule has 7 heteroatoms. The van der Waals surface area contributed by atoms with Crippen LogP contribution in [0.2, 0.25) is 10.0 Å². The van der Waals surface area contributed by atoms with Gasteiger partial charge in [0.15, 0.2) is 0 Å². The van der Waals surface area contributed by atoms with E-state index in [9.17, 15) is 4.79 Å². The topological polar surface area (TPSA) is 54.9 Å². The lowest BCUT2D eigenvalue weighted by Gasteiger charge is -2.15. The fourth-order valence-corrected chi connectivity index (χ4v) is 3.49. The first kappa shape index (κ1) is 18.0. The third kappa shape index (κ3) is 4.42. The maximum atomic E-state index is 12.2. The van der Waals surface area contributed by atoms with Gasteiger partial charge in [0.2, 0.25) is 5.91 Å². The zero-order valence-corrected chi connectivity index (χ0v) is 15.7. The predicted octanol–water partition coefficient (Wildman–Crippen LogP) is 4.91. The number of carbonyl (C=O) groups excluding carboxylic acids is 1. The summed E-state index contributed by atoms with van der Waals surface area (Å²) in [5.41, 5.74) is 0.901. The average molecular weight is 392 g/mol. The van der Waals surface area contributed by atoms with Crippen LogP contribution in [0.15, 0.2) is 53.7 Å². The molecule has 0 spiro atoms. The van der Waals surface area contributed by atoms with E-state index in [0.717, 1.165) is 21.4 Å². The van der Waals surface area contributed by atoms with Crippen LogP contribution in [0.3, 0.4) is 0 Å². The normalized spacial score (nSPS) is 12.1. The number of nitrogens with zero attached hydrogens (tertiary/aromatic N) is 2. The summed E-state index contributed by atoms with van der Waals surface area (Å²) in [5.74, 6) is 0.173. The van der Waals surface area contributed by atoms with Crippen molar-refractivity contribution in [3.05, 3.63) is 64.3 Å². The molecule has 0 saturated heterocycles. The highest BCUT2D eigenvalue weighted by Crippen LogP contribution is 2.26. The van der Waals surface area contributed by atoms with Gasteiger partial charge in [0.25, 0.3) is 0 Å². The SMILES string of the molecule is CC(NC(=O)CSc1nncc2ccccc12)c1ccc(Cl)c(Cl)c1. The summed E-state index contributed by atoms with van der Waals surface area (Å²) in [7, 11) is 0. The highest BCUT2D eigenvalue weighted by molar-refractivity contribution is 8.00. The van der Waals surface area contributed by atoms with Crippen LogP contribution in [0.1, 0.15) is 18.5 Å². The third-order valence-corrected chi connectivity index (χ3v) is 5.42. The molecule has 25 heavy (non-hydrogen) atoms. The number of carbonyl (C=O) groups is 1. The standard InChI is InChI=1S/C18H15Cl2N3OS/c1-11(12-6-7-15(19)16(20)8-12)22-17(24)10-25-18-14-5-3-2-4-13(14)9-21-23-18/h2-9,11H,10H2,1H3,(H,22,24). The second-order valence-electron chi connectivity index (χ2n) is 5.49. The van der Waals surface area contributed by atoms with Crippen LogP contribution >= 0.6 is 35.0 Å². The number of hydrogen-bond donors (Lipinski definition) is 1. The summed E-state index contributed by atoms with van der Waals surface area (Å²) in [6.45, 7) is 1.90. The Kier molecular flexibility index (Phi) is 5.78. The quantitative estimate of drug-likeness (QED) is 0.627. The summed E-state index contributed by atoms with van der Waals surface area (Å²) in [6.07, 6.45) is 1.71. The highest BCUT2D eigenvalue weighted by Gasteiger charge is 2.13. The fourth-order valence-electron chi connectivity index (χ4n) is 2.39. The lowest BCUT2D eigenvalue weighted by atomic mass is 10.1. The minimum Gasteiger partial charge on any atom is -0.349 e. The second-order valence-corrected chi connectivity index (χ2v) is 7.27. The molecule has 1 heterocycles. The van der Waals surface area contributed by atoms with Crippen molar-refractivity contribution in [2.75, 3.05) is 5.75 Å². The molecule has 128 valence electrons. The maximum absolute atomic E-state index is 12.2. The minimum atomic E-state index is -0.165. The molecule has 0 aliphatic carbocycles. The highest BCUT2D eigenvalue weighted by atomic mass is 35.5. The number of rotatable bonds is 5. The Labute approximate surface area is 159 Å². The van der Waals surface area contributed by atoms with E-state index >= 15 is 0 Å². The number of thioether (sulfide) groups is 1. The molecular weight excluding hydrogens is 377 g/mol. The molecule has 1 unspecified atom stereocenters. The Balaban J connectivity index is 1.63. The first-order valence-corrected chi connectivity index (χ1v) is 9.36. The van der Waals surface area contributed by atoms with Crippen molar-refractivity contribution >= 4 is 51.6 Å². The van der Waals surface area contributed by atoms with Crippen molar-refractivity contribution in [1.82, 2.24) is 15.5 Å². The number of benzene rings is 2. The first-order chi connectivity index (χ1) is 12.0. The lowest BCUT2D eigenvalue weighted by molar-refractivity contribution is -0.119. The van der Waals surface area contributed by atoms with E-state index in [1.807, 2.05) is 37.3 Å². The van der Waals surface area contributed by atoms with Crippen LogP contribution in [0.4, 0.5) is 0 Å². The Morgan fingerprint density at radius 2 is 2.00 bits per heavy atom. The number of halogens is 2. The van der Waals surface area contributed by atoms with Crippen molar-refractivity contribution in [2.45, 2.75) is 18.0 Å². The van der Waals surface area contributed by atoms with Crippen molar-refractivity contribution in [1.29, 1.82) is 0 Å². The molecule has 0 saturated carbocycles. The summed E-state index contributed by atoms with van der Waals surface area (Å²) >= 11 is 13.3. The van der Waals surface area contributed by atoms with Crippen molar-refractivity contribution in [3.8, 4) is 0 Å². The van der Waals surface area contributed by atoms with E-state index in [4.69, 9.17) is 23.2 Å². The summed E-state index contributed by atoms with van der Waals surface area (Å²) < 4.78 is 0. The van der Waals surface area contributed by atoms with Crippen LogP contribution in [0.5, 0.6) is 0 Å². The Bertz CT molecular complexity index is 914. The summed E-state index contributed by atoms with van der Waals surface area (Å²) in [5, 5.41) is 14.8. The van der Waals surface area contributed by atoms with Gasteiger partial charge in [-0.1, -0.05) is 65.3 Å². The fraction of sp³-hybridized carbons (Fsp3) is 0.167. The monoisotopic (exact) mass is 391 g/mol. The van der Waals surface area contributed by atoms with Gasteiger partial charge in [-0.25, -0.2) is 0 Å². The Morgan fingerprint density at radius 1 is 1.20 bits per heavy atom. The largest absolute Gasteiger partial charge is 0.349 e. The average Bonchev–Trinajstić information content (AvgIpc) is 2.62. The van der Waals surface area contributed by atoms with Crippen LogP contribution in [0, 0.1) is 0 Å². The molecule has 0 radical (unpaired) electrons. The number of nitrogens with one attached hydrogen (secondary N) is 1. The molecule has 0 aliphatic heterocycles. The number of hydrogen-bond acceptors (Lipinski definition) is 4. The van der Waals surface area contributed by atoms with E-state index in [-0.39, 0.29) is 17.7 Å². The minimum absolute atomic E-state index is 0.0849. The molecule has 1 aromatic heterocycles. The van der Waals surface area contributed by atoms with Crippen molar-refractivity contribution < 1.29 is 4.79 Å². The van der Waals surface area contributed by atoms with Crippen molar-refractivity contribution in [3.63, 3.8) is 0 Å². The summed E-state index contributed by atoms with van der Waals surface area (Å²) in [4.78, 5) is 12.2. The molecule has 0 bridgehead atoms. The summed E-state index contributed by atoms with van der Waals surface area (Å²) in [6, 6.07) is 13.0. The van der Waals surface area contributed by atoms with Crippen LogP contribution in [-0.4, -0.2) is 21.9 Å². The first-order valence-electron chi connectivity index (χ1n) is 7.62. The molecule has 3 aromatic rings.